The van der Waals surface area contributed by atoms with Crippen LogP contribution in [0.1, 0.15) is 33.2 Å². The average Bonchev–Trinajstić information content (AvgIpc) is 3.22. The van der Waals surface area contributed by atoms with Gasteiger partial charge in [0, 0.05) is 18.5 Å². The van der Waals surface area contributed by atoms with Crippen LogP contribution >= 0.6 is 23.2 Å². The van der Waals surface area contributed by atoms with Gasteiger partial charge in [-0.2, -0.15) is 5.10 Å². The Balaban J connectivity index is 1.52. The van der Waals surface area contributed by atoms with Crippen molar-refractivity contribution in [1.82, 2.24) is 20.1 Å². The minimum absolute atomic E-state index is 0.0794. The number of H-pyrrole nitrogens is 1. The Morgan fingerprint density at radius 3 is 2.73 bits per heavy atom. The topological polar surface area (TPSA) is 92.1 Å². The van der Waals surface area contributed by atoms with Gasteiger partial charge in [-0.3, -0.25) is 9.78 Å². The minimum atomic E-state index is -0.513. The van der Waals surface area contributed by atoms with E-state index in [4.69, 9.17) is 27.6 Å². The number of carbonyl (C=O) groups is 1. The monoisotopic (exact) mass is 440 g/mol. The molecule has 1 aliphatic heterocycles. The van der Waals surface area contributed by atoms with E-state index in [1.54, 1.807) is 23.1 Å². The number of amides is 1. The van der Waals surface area contributed by atoms with Gasteiger partial charge in [-0.15, -0.1) is 5.10 Å². The van der Waals surface area contributed by atoms with Gasteiger partial charge < -0.3 is 9.32 Å². The van der Waals surface area contributed by atoms with Gasteiger partial charge in [0.25, 0.3) is 5.91 Å². The smallest absolute Gasteiger partial charge is 0.408 e. The van der Waals surface area contributed by atoms with Crippen molar-refractivity contribution in [3.63, 3.8) is 0 Å². The van der Waals surface area contributed by atoms with E-state index < -0.39 is 5.76 Å². The molecule has 30 heavy (non-hydrogen) atoms. The number of hydrogen-bond acceptors (Lipinski definition) is 5. The number of rotatable bonds is 4. The number of fused-ring (bicyclic) bond motifs is 2. The lowest BCUT2D eigenvalue weighted by Crippen LogP contribution is -2.29. The molecule has 0 aliphatic carbocycles. The molecular formula is C21H14Cl2N4O3. The van der Waals surface area contributed by atoms with Crippen LogP contribution in [0.4, 0.5) is 0 Å². The lowest BCUT2D eigenvalue weighted by atomic mass is 10.0. The molecule has 0 bridgehead atoms. The van der Waals surface area contributed by atoms with Gasteiger partial charge in [-0.05, 0) is 35.4 Å². The van der Waals surface area contributed by atoms with Crippen LogP contribution in [0.3, 0.4) is 0 Å². The number of carbonyl (C=O) groups excluding carboxylic acids is 1. The SMILES string of the molecule is O=C1c2ccccc2C(Cc2nnc(Cl)cc2Cl)N1Cc1ccc2[nH]c(=O)oc2c1. The second kappa shape index (κ2) is 7.27. The van der Waals surface area contributed by atoms with E-state index in [1.807, 2.05) is 30.3 Å². The molecule has 1 atom stereocenters. The summed E-state index contributed by atoms with van der Waals surface area (Å²) in [6.07, 6.45) is 0.396. The van der Waals surface area contributed by atoms with E-state index in [0.29, 0.717) is 40.3 Å². The molecule has 1 amide bonds. The van der Waals surface area contributed by atoms with Crippen LogP contribution in [0.2, 0.25) is 10.2 Å². The molecule has 3 heterocycles. The molecule has 0 saturated carbocycles. The molecule has 1 N–H and O–H groups in total. The third-order valence-electron chi connectivity index (χ3n) is 5.20. The summed E-state index contributed by atoms with van der Waals surface area (Å²) < 4.78 is 5.15. The number of halogens is 2. The summed E-state index contributed by atoms with van der Waals surface area (Å²) in [6, 6.07) is 14.1. The van der Waals surface area contributed by atoms with Crippen LogP contribution < -0.4 is 5.76 Å². The Morgan fingerprint density at radius 1 is 1.07 bits per heavy atom. The molecule has 2 aromatic carbocycles. The predicted molar refractivity (Wildman–Crippen MR) is 112 cm³/mol. The van der Waals surface area contributed by atoms with Crippen LogP contribution in [0.5, 0.6) is 0 Å². The number of aromatic amines is 1. The first-order valence-corrected chi connectivity index (χ1v) is 9.94. The lowest BCUT2D eigenvalue weighted by molar-refractivity contribution is 0.0708. The van der Waals surface area contributed by atoms with Crippen LogP contribution in [-0.2, 0) is 13.0 Å². The molecular weight excluding hydrogens is 427 g/mol. The Bertz CT molecular complexity index is 1350. The van der Waals surface area contributed by atoms with Crippen LogP contribution in [-0.4, -0.2) is 26.0 Å². The maximum Gasteiger partial charge on any atom is 0.417 e. The van der Waals surface area contributed by atoms with Crippen LogP contribution in [0.15, 0.2) is 57.7 Å². The van der Waals surface area contributed by atoms with Crippen LogP contribution in [0.25, 0.3) is 11.1 Å². The van der Waals surface area contributed by atoms with Gasteiger partial charge in [0.2, 0.25) is 0 Å². The zero-order valence-corrected chi connectivity index (χ0v) is 16.9. The van der Waals surface area contributed by atoms with Gasteiger partial charge in [0.15, 0.2) is 10.7 Å². The molecule has 9 heteroatoms. The highest BCUT2D eigenvalue weighted by Gasteiger charge is 2.37. The van der Waals surface area contributed by atoms with Gasteiger partial charge in [0.1, 0.15) is 0 Å². The molecule has 0 spiro atoms. The summed E-state index contributed by atoms with van der Waals surface area (Å²) >= 11 is 12.2. The van der Waals surface area contributed by atoms with E-state index >= 15 is 0 Å². The first-order valence-electron chi connectivity index (χ1n) is 9.19. The average molecular weight is 441 g/mol. The van der Waals surface area contributed by atoms with Crippen molar-refractivity contribution in [2.75, 3.05) is 0 Å². The molecule has 0 radical (unpaired) electrons. The number of aromatic nitrogens is 3. The van der Waals surface area contributed by atoms with Crippen molar-refractivity contribution in [2.45, 2.75) is 19.0 Å². The molecule has 2 aromatic heterocycles. The summed E-state index contributed by atoms with van der Waals surface area (Å²) in [6.45, 7) is 0.335. The fourth-order valence-electron chi connectivity index (χ4n) is 3.83. The molecule has 0 fully saturated rings. The molecule has 7 nitrogen and oxygen atoms in total. The largest absolute Gasteiger partial charge is 0.417 e. The third-order valence-corrected chi connectivity index (χ3v) is 5.71. The second-order valence-electron chi connectivity index (χ2n) is 7.05. The Kier molecular flexibility index (Phi) is 4.56. The molecule has 4 aromatic rings. The Hall–Kier alpha value is -3.16. The summed E-state index contributed by atoms with van der Waals surface area (Å²) in [7, 11) is 0. The molecule has 1 unspecified atom stereocenters. The van der Waals surface area contributed by atoms with Crippen molar-refractivity contribution in [3.05, 3.63) is 91.6 Å². The van der Waals surface area contributed by atoms with Crippen molar-refractivity contribution in [3.8, 4) is 0 Å². The van der Waals surface area contributed by atoms with Crippen molar-refractivity contribution in [1.29, 1.82) is 0 Å². The molecule has 1 aliphatic rings. The second-order valence-corrected chi connectivity index (χ2v) is 7.84. The highest BCUT2D eigenvalue weighted by Crippen LogP contribution is 2.38. The standard InChI is InChI=1S/C21H14Cl2N4O3/c22-14-8-19(23)26-25-16(14)9-17-12-3-1-2-4-13(12)20(28)27(17)10-11-5-6-15-18(7-11)30-21(29)24-15/h1-8,17H,9-10H2,(H,24,29). The summed E-state index contributed by atoms with van der Waals surface area (Å²) in [4.78, 5) is 29.0. The molecule has 0 saturated heterocycles. The predicted octanol–water partition coefficient (Wildman–Crippen LogP) is 4.16. The normalized spacial score (nSPS) is 15.7. The summed E-state index contributed by atoms with van der Waals surface area (Å²) in [5.41, 5.74) is 4.01. The Labute approximate surface area is 180 Å². The zero-order chi connectivity index (χ0) is 20.8. The van der Waals surface area contributed by atoms with Crippen molar-refractivity contribution >= 4 is 40.2 Å². The summed E-state index contributed by atoms with van der Waals surface area (Å²) in [5, 5.41) is 8.62. The molecule has 5 rings (SSSR count). The quantitative estimate of drug-likeness (QED) is 0.514. The minimum Gasteiger partial charge on any atom is -0.408 e. The maximum absolute atomic E-state index is 13.2. The first kappa shape index (κ1) is 18.8. The van der Waals surface area contributed by atoms with Gasteiger partial charge in [-0.25, -0.2) is 4.79 Å². The maximum atomic E-state index is 13.2. The first-order chi connectivity index (χ1) is 14.5. The fourth-order valence-corrected chi connectivity index (χ4v) is 4.25. The van der Waals surface area contributed by atoms with Gasteiger partial charge >= 0.3 is 5.76 Å². The number of nitrogens with one attached hydrogen (secondary N) is 1. The number of benzene rings is 2. The van der Waals surface area contributed by atoms with E-state index in [0.717, 1.165) is 11.1 Å². The van der Waals surface area contributed by atoms with E-state index in [9.17, 15) is 9.59 Å². The van der Waals surface area contributed by atoms with Crippen molar-refractivity contribution in [2.24, 2.45) is 0 Å². The van der Waals surface area contributed by atoms with E-state index in [2.05, 4.69) is 15.2 Å². The summed E-state index contributed by atoms with van der Waals surface area (Å²) in [5.74, 6) is -0.593. The van der Waals surface area contributed by atoms with Crippen molar-refractivity contribution < 1.29 is 9.21 Å². The van der Waals surface area contributed by atoms with E-state index in [-0.39, 0.29) is 17.1 Å². The highest BCUT2D eigenvalue weighted by atomic mass is 35.5. The van der Waals surface area contributed by atoms with Gasteiger partial charge in [-0.1, -0.05) is 47.5 Å². The van der Waals surface area contributed by atoms with Crippen LogP contribution in [0, 0.1) is 0 Å². The number of hydrogen-bond donors (Lipinski definition) is 1. The van der Waals surface area contributed by atoms with Gasteiger partial charge in [0.05, 0.1) is 22.3 Å². The zero-order valence-electron chi connectivity index (χ0n) is 15.4. The number of oxazole rings is 1. The number of nitrogens with zero attached hydrogens (tertiary/aromatic N) is 3. The fraction of sp³-hybridized carbons (Fsp3) is 0.143. The highest BCUT2D eigenvalue weighted by molar-refractivity contribution is 6.34. The lowest BCUT2D eigenvalue weighted by Gasteiger charge is -2.25. The van der Waals surface area contributed by atoms with E-state index in [1.165, 1.54) is 0 Å². The third kappa shape index (κ3) is 3.26. The Morgan fingerprint density at radius 2 is 1.90 bits per heavy atom. The molecule has 150 valence electrons.